The molecular formula is C20H17N5O7. The first-order chi connectivity index (χ1) is 15.1. The molecule has 2 amide bonds. The molecule has 0 spiro atoms. The third-order valence-electron chi connectivity index (χ3n) is 4.68. The number of hydrogen-bond acceptors (Lipinski definition) is 7. The maximum atomic E-state index is 12.3. The van der Waals surface area contributed by atoms with E-state index in [0.717, 1.165) is 34.5 Å². The lowest BCUT2D eigenvalue weighted by molar-refractivity contribution is -0.384. The number of aromatic nitrogens is 2. The Bertz CT molecular complexity index is 1390. The van der Waals surface area contributed by atoms with Crippen LogP contribution in [-0.4, -0.2) is 36.9 Å². The molecule has 0 aliphatic carbocycles. The van der Waals surface area contributed by atoms with Gasteiger partial charge in [-0.05, 0) is 37.1 Å². The fourth-order valence-electron chi connectivity index (χ4n) is 2.87. The van der Waals surface area contributed by atoms with Gasteiger partial charge < -0.3 is 15.5 Å². The average Bonchev–Trinajstić information content (AvgIpc) is 2.72. The van der Waals surface area contributed by atoms with E-state index in [2.05, 4.69) is 15.3 Å². The number of nitrogens with zero attached hydrogens (tertiary/aromatic N) is 3. The zero-order valence-corrected chi connectivity index (χ0v) is 16.8. The third kappa shape index (κ3) is 4.23. The van der Waals surface area contributed by atoms with Gasteiger partial charge in [0.2, 0.25) is 5.88 Å². The number of urea groups is 1. The number of non-ortho nitro benzene ring substituents is 1. The summed E-state index contributed by atoms with van der Waals surface area (Å²) in [6, 6.07) is 7.03. The van der Waals surface area contributed by atoms with Crippen molar-refractivity contribution < 1.29 is 19.9 Å². The highest BCUT2D eigenvalue weighted by Crippen LogP contribution is 2.28. The number of carbonyl (C=O) groups excluding carboxylic acids is 1. The number of benzene rings is 2. The van der Waals surface area contributed by atoms with E-state index in [1.165, 1.54) is 0 Å². The largest absolute Gasteiger partial charge is 0.506 e. The Kier molecular flexibility index (Phi) is 5.87. The third-order valence-corrected chi connectivity index (χ3v) is 4.68. The minimum absolute atomic E-state index is 0.156. The van der Waals surface area contributed by atoms with Crippen LogP contribution >= 0.6 is 0 Å². The molecule has 0 unspecified atom stereocenters. The van der Waals surface area contributed by atoms with E-state index < -0.39 is 39.4 Å². The fraction of sp³-hybridized carbons (Fsp3) is 0.100. The molecule has 12 heteroatoms. The first-order valence-electron chi connectivity index (χ1n) is 9.07. The highest BCUT2D eigenvalue weighted by molar-refractivity contribution is 5.99. The number of nitro groups is 1. The van der Waals surface area contributed by atoms with Crippen LogP contribution in [0.3, 0.4) is 0 Å². The molecule has 2 aromatic carbocycles. The maximum Gasteiger partial charge on any atom is 0.345 e. The lowest BCUT2D eigenvalue weighted by Gasteiger charge is -2.13. The van der Waals surface area contributed by atoms with Gasteiger partial charge in [0.15, 0.2) is 0 Å². The number of anilines is 1. The normalized spacial score (nSPS) is 10.9. The van der Waals surface area contributed by atoms with Gasteiger partial charge in [0.25, 0.3) is 11.2 Å². The smallest absolute Gasteiger partial charge is 0.345 e. The van der Waals surface area contributed by atoms with Crippen molar-refractivity contribution in [3.8, 4) is 17.3 Å². The number of aromatic amines is 1. The molecule has 1 aromatic heterocycles. The van der Waals surface area contributed by atoms with Crippen LogP contribution in [0.5, 0.6) is 11.6 Å². The fourth-order valence-corrected chi connectivity index (χ4v) is 2.87. The minimum atomic E-state index is -1.04. The van der Waals surface area contributed by atoms with Crippen molar-refractivity contribution in [2.24, 2.45) is 4.99 Å². The van der Waals surface area contributed by atoms with Crippen molar-refractivity contribution in [2.45, 2.75) is 13.8 Å². The van der Waals surface area contributed by atoms with E-state index in [9.17, 15) is 34.7 Å². The number of carbonyl (C=O) groups is 1. The first-order valence-corrected chi connectivity index (χ1v) is 9.07. The maximum absolute atomic E-state index is 12.3. The molecule has 0 radical (unpaired) electrons. The summed E-state index contributed by atoms with van der Waals surface area (Å²) in [4.78, 5) is 52.1. The number of rotatable bonds is 4. The molecule has 0 aliphatic rings. The summed E-state index contributed by atoms with van der Waals surface area (Å²) in [5.74, 6) is -1.28. The van der Waals surface area contributed by atoms with E-state index >= 15 is 0 Å². The predicted octanol–water partition coefficient (Wildman–Crippen LogP) is 2.11. The van der Waals surface area contributed by atoms with Crippen LogP contribution in [0.1, 0.15) is 16.7 Å². The zero-order chi connectivity index (χ0) is 23.6. The van der Waals surface area contributed by atoms with Crippen molar-refractivity contribution in [3.05, 3.63) is 84.0 Å². The Labute approximate surface area is 179 Å². The summed E-state index contributed by atoms with van der Waals surface area (Å²) >= 11 is 0. The highest BCUT2D eigenvalue weighted by Gasteiger charge is 2.17. The second-order valence-corrected chi connectivity index (χ2v) is 6.70. The van der Waals surface area contributed by atoms with Crippen LogP contribution in [0, 0.1) is 24.0 Å². The topological polar surface area (TPSA) is 180 Å². The van der Waals surface area contributed by atoms with Crippen LogP contribution in [0.15, 0.2) is 51.0 Å². The van der Waals surface area contributed by atoms with Gasteiger partial charge in [-0.25, -0.2) is 19.1 Å². The summed E-state index contributed by atoms with van der Waals surface area (Å²) < 4.78 is 0.880. The van der Waals surface area contributed by atoms with Gasteiger partial charge in [0.1, 0.15) is 11.3 Å². The second-order valence-electron chi connectivity index (χ2n) is 6.70. The number of phenols is 1. The minimum Gasteiger partial charge on any atom is -0.506 e. The number of nitro benzene ring substituents is 1. The Hall–Kier alpha value is -4.74. The Morgan fingerprint density at radius 2 is 1.94 bits per heavy atom. The van der Waals surface area contributed by atoms with E-state index in [1.807, 2.05) is 13.0 Å². The van der Waals surface area contributed by atoms with Gasteiger partial charge in [-0.15, -0.1) is 0 Å². The molecule has 0 bridgehead atoms. The first kappa shape index (κ1) is 22.0. The second kappa shape index (κ2) is 8.55. The molecular weight excluding hydrogens is 422 g/mol. The molecule has 32 heavy (non-hydrogen) atoms. The van der Waals surface area contributed by atoms with Gasteiger partial charge in [-0.1, -0.05) is 12.1 Å². The van der Waals surface area contributed by atoms with Crippen LogP contribution in [-0.2, 0) is 0 Å². The lowest BCUT2D eigenvalue weighted by atomic mass is 10.1. The number of nitrogens with one attached hydrogen (secondary N) is 2. The van der Waals surface area contributed by atoms with E-state index in [0.29, 0.717) is 11.3 Å². The van der Waals surface area contributed by atoms with E-state index in [1.54, 1.807) is 19.1 Å². The molecule has 1 heterocycles. The van der Waals surface area contributed by atoms with Crippen LogP contribution in [0.25, 0.3) is 5.69 Å². The number of amides is 2. The molecule has 0 atom stereocenters. The van der Waals surface area contributed by atoms with Crippen molar-refractivity contribution in [1.82, 2.24) is 9.55 Å². The summed E-state index contributed by atoms with van der Waals surface area (Å²) in [7, 11) is 0. The monoisotopic (exact) mass is 439 g/mol. The molecule has 0 saturated carbocycles. The van der Waals surface area contributed by atoms with Crippen molar-refractivity contribution in [3.63, 3.8) is 0 Å². The van der Waals surface area contributed by atoms with E-state index in [4.69, 9.17) is 0 Å². The summed E-state index contributed by atoms with van der Waals surface area (Å²) in [5, 5.41) is 33.3. The molecule has 0 saturated heterocycles. The summed E-state index contributed by atoms with van der Waals surface area (Å²) in [5.41, 5.74) is -0.969. The van der Waals surface area contributed by atoms with E-state index in [-0.39, 0.29) is 11.4 Å². The summed E-state index contributed by atoms with van der Waals surface area (Å²) in [6.45, 7) is 3.55. The molecule has 0 fully saturated rings. The zero-order valence-electron chi connectivity index (χ0n) is 16.8. The average molecular weight is 439 g/mol. The number of aliphatic imine (C=N–C) groups is 1. The van der Waals surface area contributed by atoms with Crippen LogP contribution < -0.4 is 16.6 Å². The Morgan fingerprint density at radius 3 is 2.59 bits per heavy atom. The molecule has 0 aliphatic heterocycles. The quantitative estimate of drug-likeness (QED) is 0.208. The van der Waals surface area contributed by atoms with Crippen LogP contribution in [0.2, 0.25) is 0 Å². The predicted molar refractivity (Wildman–Crippen MR) is 115 cm³/mol. The summed E-state index contributed by atoms with van der Waals surface area (Å²) in [6.07, 6.45) is 0.757. The van der Waals surface area contributed by atoms with Crippen molar-refractivity contribution >= 4 is 23.6 Å². The Morgan fingerprint density at radius 1 is 1.22 bits per heavy atom. The lowest BCUT2D eigenvalue weighted by Crippen LogP contribution is -2.31. The molecule has 3 aromatic rings. The number of aromatic hydroxyl groups is 2. The molecule has 4 N–H and O–H groups in total. The number of phenolic OH excluding ortho intramolecular Hbond substituents is 1. The number of H-pyrrole nitrogens is 1. The molecule has 164 valence electrons. The van der Waals surface area contributed by atoms with Gasteiger partial charge in [-0.3, -0.25) is 19.9 Å². The molecule has 3 rings (SSSR count). The van der Waals surface area contributed by atoms with Gasteiger partial charge in [0, 0.05) is 6.07 Å². The van der Waals surface area contributed by atoms with Crippen LogP contribution in [0.4, 0.5) is 16.2 Å². The SMILES string of the molecule is Cc1cccc(-n2c(O)c(/C=N/C(=O)Nc3ccc([N+](=O)[O-])cc3O)c(=O)[nH]c2=O)c1C. The number of hydrogen-bond donors (Lipinski definition) is 4. The van der Waals surface area contributed by atoms with Crippen molar-refractivity contribution in [2.75, 3.05) is 5.32 Å². The highest BCUT2D eigenvalue weighted by atomic mass is 16.6. The Balaban J connectivity index is 1.95. The van der Waals surface area contributed by atoms with Gasteiger partial charge in [0.05, 0.1) is 28.6 Å². The van der Waals surface area contributed by atoms with Gasteiger partial charge >= 0.3 is 11.7 Å². The molecule has 12 nitrogen and oxygen atoms in total. The number of aryl methyl sites for hydroxylation is 1. The standard InChI is InChI=1S/C20H17N5O7/c1-10-4-3-5-15(11(10)2)24-18(28)13(17(27)23-20(24)30)9-21-19(29)22-14-7-6-12(25(31)32)8-16(14)26/h3-9,26,28H,1-2H3,(H,22,29)(H,23,27,30)/b21-9+. The van der Waals surface area contributed by atoms with Crippen molar-refractivity contribution in [1.29, 1.82) is 0 Å². The van der Waals surface area contributed by atoms with Gasteiger partial charge in [-0.2, -0.15) is 0 Å².